The molecule has 0 amide bonds. The summed E-state index contributed by atoms with van der Waals surface area (Å²) in [5.74, 6) is 1.50. The second-order valence-electron chi connectivity index (χ2n) is 4.30. The Morgan fingerprint density at radius 3 is 2.05 bits per heavy atom. The Balaban J connectivity index is 2.30. The van der Waals surface area contributed by atoms with Gasteiger partial charge >= 0.3 is 0 Å². The number of hydrogen-bond donors (Lipinski definition) is 1. The zero-order valence-corrected chi connectivity index (χ0v) is 11.6. The molecule has 0 radical (unpaired) electrons. The van der Waals surface area contributed by atoms with E-state index in [0.29, 0.717) is 0 Å². The van der Waals surface area contributed by atoms with Crippen molar-refractivity contribution in [2.45, 2.75) is 6.54 Å². The lowest BCUT2D eigenvalue weighted by Crippen LogP contribution is -2.04. The molecule has 19 heavy (non-hydrogen) atoms. The Kier molecular flexibility index (Phi) is 4.42. The van der Waals surface area contributed by atoms with Crippen molar-refractivity contribution < 1.29 is 9.47 Å². The van der Waals surface area contributed by atoms with Gasteiger partial charge in [-0.3, -0.25) is 0 Å². The number of benzene rings is 2. The third-order valence-electron chi connectivity index (χ3n) is 3.05. The van der Waals surface area contributed by atoms with Gasteiger partial charge in [-0.25, -0.2) is 0 Å². The highest BCUT2D eigenvalue weighted by molar-refractivity contribution is 5.67. The summed E-state index contributed by atoms with van der Waals surface area (Å²) in [6.07, 6.45) is 0. The summed E-state index contributed by atoms with van der Waals surface area (Å²) < 4.78 is 10.6. The minimum absolute atomic E-state index is 0.748. The number of nitrogens with one attached hydrogen (secondary N) is 1. The van der Waals surface area contributed by atoms with Crippen LogP contribution in [0.4, 0.5) is 0 Å². The summed E-state index contributed by atoms with van der Waals surface area (Å²) in [6, 6.07) is 14.4. The van der Waals surface area contributed by atoms with E-state index in [1.165, 1.54) is 11.1 Å². The first-order valence-electron chi connectivity index (χ1n) is 6.24. The van der Waals surface area contributed by atoms with Crippen LogP contribution in [0.2, 0.25) is 0 Å². The van der Waals surface area contributed by atoms with E-state index in [1.54, 1.807) is 14.2 Å². The lowest BCUT2D eigenvalue weighted by molar-refractivity contribution is 0.355. The molecule has 0 saturated carbocycles. The van der Waals surface area contributed by atoms with E-state index in [-0.39, 0.29) is 0 Å². The standard InChI is InChI=1S/C16H19NO2/c1-17-11-12-4-6-13(7-5-12)14-8-9-15(18-2)16(10-14)19-3/h4-10,17H,11H2,1-3H3. The molecule has 0 atom stereocenters. The Bertz CT molecular complexity index is 535. The fraction of sp³-hybridized carbons (Fsp3) is 0.250. The zero-order chi connectivity index (χ0) is 13.7. The molecule has 0 bridgehead atoms. The molecule has 0 saturated heterocycles. The highest BCUT2D eigenvalue weighted by Gasteiger charge is 2.06. The van der Waals surface area contributed by atoms with E-state index < -0.39 is 0 Å². The minimum Gasteiger partial charge on any atom is -0.493 e. The highest BCUT2D eigenvalue weighted by atomic mass is 16.5. The van der Waals surface area contributed by atoms with E-state index in [2.05, 4.69) is 29.6 Å². The third kappa shape index (κ3) is 3.06. The second-order valence-corrected chi connectivity index (χ2v) is 4.30. The molecule has 2 rings (SSSR count). The summed E-state index contributed by atoms with van der Waals surface area (Å²) in [7, 11) is 5.24. The predicted molar refractivity (Wildman–Crippen MR) is 77.7 cm³/mol. The maximum atomic E-state index is 5.33. The summed E-state index contributed by atoms with van der Waals surface area (Å²) in [5.41, 5.74) is 3.56. The van der Waals surface area contributed by atoms with Crippen LogP contribution >= 0.6 is 0 Å². The highest BCUT2D eigenvalue weighted by Crippen LogP contribution is 2.32. The lowest BCUT2D eigenvalue weighted by Gasteiger charge is -2.10. The van der Waals surface area contributed by atoms with Crippen molar-refractivity contribution in [2.75, 3.05) is 21.3 Å². The van der Waals surface area contributed by atoms with E-state index in [4.69, 9.17) is 9.47 Å². The Morgan fingerprint density at radius 1 is 0.842 bits per heavy atom. The molecular formula is C16H19NO2. The zero-order valence-electron chi connectivity index (χ0n) is 11.6. The maximum Gasteiger partial charge on any atom is 0.161 e. The molecule has 0 heterocycles. The van der Waals surface area contributed by atoms with Crippen LogP contribution in [0, 0.1) is 0 Å². The van der Waals surface area contributed by atoms with Gasteiger partial charge in [-0.2, -0.15) is 0 Å². The molecule has 0 aromatic heterocycles. The van der Waals surface area contributed by atoms with Gasteiger partial charge in [0.2, 0.25) is 0 Å². The third-order valence-corrected chi connectivity index (χ3v) is 3.05. The average molecular weight is 257 g/mol. The van der Waals surface area contributed by atoms with E-state index in [0.717, 1.165) is 23.6 Å². The maximum absolute atomic E-state index is 5.33. The number of ether oxygens (including phenoxy) is 2. The minimum atomic E-state index is 0.748. The molecule has 0 aliphatic carbocycles. The van der Waals surface area contributed by atoms with Gasteiger partial charge in [-0.1, -0.05) is 30.3 Å². The van der Waals surface area contributed by atoms with Crippen molar-refractivity contribution in [1.29, 1.82) is 0 Å². The molecule has 0 aliphatic rings. The van der Waals surface area contributed by atoms with Gasteiger partial charge in [0.1, 0.15) is 0 Å². The molecule has 100 valence electrons. The first-order chi connectivity index (χ1) is 9.28. The smallest absolute Gasteiger partial charge is 0.161 e. The average Bonchev–Trinajstić information content (AvgIpc) is 2.47. The molecule has 2 aromatic rings. The SMILES string of the molecule is CNCc1ccc(-c2ccc(OC)c(OC)c2)cc1. The lowest BCUT2D eigenvalue weighted by atomic mass is 10.0. The molecule has 3 heteroatoms. The van der Waals surface area contributed by atoms with Crippen LogP contribution in [-0.4, -0.2) is 21.3 Å². The van der Waals surface area contributed by atoms with Gasteiger partial charge < -0.3 is 14.8 Å². The summed E-state index contributed by atoms with van der Waals surface area (Å²) in [5, 5.41) is 3.14. The normalized spacial score (nSPS) is 10.3. The van der Waals surface area contributed by atoms with Crippen molar-refractivity contribution in [3.63, 3.8) is 0 Å². The number of hydrogen-bond acceptors (Lipinski definition) is 3. The van der Waals surface area contributed by atoms with Crippen LogP contribution in [0.3, 0.4) is 0 Å². The van der Waals surface area contributed by atoms with Crippen LogP contribution < -0.4 is 14.8 Å². The van der Waals surface area contributed by atoms with Gasteiger partial charge in [0.15, 0.2) is 11.5 Å². The van der Waals surface area contributed by atoms with Gasteiger partial charge in [0, 0.05) is 6.54 Å². The number of rotatable bonds is 5. The molecule has 0 aliphatic heterocycles. The summed E-state index contributed by atoms with van der Waals surface area (Å²) >= 11 is 0. The molecule has 0 unspecified atom stereocenters. The van der Waals surface area contributed by atoms with Crippen LogP contribution in [-0.2, 0) is 6.54 Å². The summed E-state index contributed by atoms with van der Waals surface area (Å²) in [4.78, 5) is 0. The van der Waals surface area contributed by atoms with E-state index >= 15 is 0 Å². The fourth-order valence-corrected chi connectivity index (χ4v) is 2.03. The topological polar surface area (TPSA) is 30.5 Å². The second kappa shape index (κ2) is 6.25. The quantitative estimate of drug-likeness (QED) is 0.893. The first-order valence-corrected chi connectivity index (χ1v) is 6.24. The van der Waals surface area contributed by atoms with Gasteiger partial charge in [0.25, 0.3) is 0 Å². The van der Waals surface area contributed by atoms with E-state index in [1.807, 2.05) is 25.2 Å². The molecule has 0 spiro atoms. The summed E-state index contributed by atoms with van der Waals surface area (Å²) in [6.45, 7) is 0.881. The van der Waals surface area contributed by atoms with E-state index in [9.17, 15) is 0 Å². The van der Waals surface area contributed by atoms with Crippen LogP contribution in [0.5, 0.6) is 11.5 Å². The largest absolute Gasteiger partial charge is 0.493 e. The fourth-order valence-electron chi connectivity index (χ4n) is 2.03. The number of methoxy groups -OCH3 is 2. The molecule has 1 N–H and O–H groups in total. The van der Waals surface area contributed by atoms with Crippen molar-refractivity contribution in [1.82, 2.24) is 5.32 Å². The van der Waals surface area contributed by atoms with Crippen molar-refractivity contribution in [2.24, 2.45) is 0 Å². The van der Waals surface area contributed by atoms with Crippen LogP contribution in [0.15, 0.2) is 42.5 Å². The van der Waals surface area contributed by atoms with Crippen LogP contribution in [0.1, 0.15) is 5.56 Å². The predicted octanol–water partition coefficient (Wildman–Crippen LogP) is 3.09. The van der Waals surface area contributed by atoms with Crippen LogP contribution in [0.25, 0.3) is 11.1 Å². The van der Waals surface area contributed by atoms with Crippen molar-refractivity contribution in [3.05, 3.63) is 48.0 Å². The Morgan fingerprint density at radius 2 is 1.47 bits per heavy atom. The molecule has 2 aromatic carbocycles. The van der Waals surface area contributed by atoms with Gasteiger partial charge in [-0.05, 0) is 35.9 Å². The van der Waals surface area contributed by atoms with Gasteiger partial charge in [0.05, 0.1) is 14.2 Å². The first kappa shape index (κ1) is 13.4. The molecule has 0 fully saturated rings. The Labute approximate surface area is 114 Å². The monoisotopic (exact) mass is 257 g/mol. The Hall–Kier alpha value is -2.00. The van der Waals surface area contributed by atoms with Crippen molar-refractivity contribution in [3.8, 4) is 22.6 Å². The van der Waals surface area contributed by atoms with Gasteiger partial charge in [-0.15, -0.1) is 0 Å². The molecule has 3 nitrogen and oxygen atoms in total. The molecular weight excluding hydrogens is 238 g/mol. The van der Waals surface area contributed by atoms with Crippen molar-refractivity contribution >= 4 is 0 Å².